The molecule has 1 aliphatic heterocycles. The van der Waals surface area contributed by atoms with Gasteiger partial charge < -0.3 is 10.6 Å². The van der Waals surface area contributed by atoms with Crippen LogP contribution in [0.15, 0.2) is 30.3 Å². The largest absolute Gasteiger partial charge is 0.362 e. The summed E-state index contributed by atoms with van der Waals surface area (Å²) in [6, 6.07) is 10.0. The van der Waals surface area contributed by atoms with Gasteiger partial charge in [-0.15, -0.1) is 0 Å². The van der Waals surface area contributed by atoms with E-state index in [-0.39, 0.29) is 0 Å². The summed E-state index contributed by atoms with van der Waals surface area (Å²) in [5.41, 5.74) is 1.04. The highest BCUT2D eigenvalue weighted by Crippen LogP contribution is 2.22. The topological polar surface area (TPSA) is 24.1 Å². The van der Waals surface area contributed by atoms with Crippen LogP contribution in [-0.4, -0.2) is 23.2 Å². The zero-order valence-corrected chi connectivity index (χ0v) is 10.7. The van der Waals surface area contributed by atoms with Crippen molar-refractivity contribution >= 4 is 34.8 Å². The van der Waals surface area contributed by atoms with Gasteiger partial charge in [-0.25, -0.2) is 0 Å². The van der Waals surface area contributed by atoms with Gasteiger partial charge in [-0.05, 0) is 48.2 Å². The van der Waals surface area contributed by atoms with E-state index in [2.05, 4.69) is 10.6 Å². The molecule has 1 fully saturated rings. The van der Waals surface area contributed by atoms with E-state index in [1.807, 2.05) is 42.1 Å². The standard InChI is InChI=1S/C12H16N2S2/c15-12(13-8-10-6-7-16-9-10)14-11-4-2-1-3-5-11/h1-5,10H,6-9H2,(H2,13,14,15). The number of thiocarbonyl (C=S) groups is 1. The average Bonchev–Trinajstić information content (AvgIpc) is 2.81. The van der Waals surface area contributed by atoms with Gasteiger partial charge in [-0.3, -0.25) is 0 Å². The predicted octanol–water partition coefficient (Wildman–Crippen LogP) is 2.73. The predicted molar refractivity (Wildman–Crippen MR) is 76.1 cm³/mol. The number of para-hydroxylation sites is 1. The molecule has 4 heteroatoms. The van der Waals surface area contributed by atoms with Crippen molar-refractivity contribution in [2.45, 2.75) is 6.42 Å². The minimum atomic E-state index is 0.725. The summed E-state index contributed by atoms with van der Waals surface area (Å²) < 4.78 is 0. The van der Waals surface area contributed by atoms with Crippen molar-refractivity contribution in [1.82, 2.24) is 5.32 Å². The van der Waals surface area contributed by atoms with Gasteiger partial charge in [0.25, 0.3) is 0 Å². The van der Waals surface area contributed by atoms with Crippen molar-refractivity contribution in [3.05, 3.63) is 30.3 Å². The Bertz CT molecular complexity index is 334. The molecule has 1 aromatic carbocycles. The minimum Gasteiger partial charge on any atom is -0.362 e. The fraction of sp³-hybridized carbons (Fsp3) is 0.417. The maximum Gasteiger partial charge on any atom is 0.170 e. The first-order valence-electron chi connectivity index (χ1n) is 5.52. The van der Waals surface area contributed by atoms with Crippen molar-refractivity contribution in [3.8, 4) is 0 Å². The van der Waals surface area contributed by atoms with E-state index < -0.39 is 0 Å². The molecule has 1 heterocycles. The molecule has 0 spiro atoms. The Hall–Kier alpha value is -0.740. The molecule has 1 aromatic rings. The zero-order valence-electron chi connectivity index (χ0n) is 9.11. The second kappa shape index (κ2) is 6.11. The van der Waals surface area contributed by atoms with Crippen LogP contribution in [-0.2, 0) is 0 Å². The molecule has 2 rings (SSSR count). The number of thioether (sulfide) groups is 1. The molecule has 1 atom stereocenters. The summed E-state index contributed by atoms with van der Waals surface area (Å²) in [5, 5.41) is 7.18. The molecular formula is C12H16N2S2. The quantitative estimate of drug-likeness (QED) is 0.808. The molecule has 0 bridgehead atoms. The number of nitrogens with one attached hydrogen (secondary N) is 2. The van der Waals surface area contributed by atoms with Crippen LogP contribution in [0.2, 0.25) is 0 Å². The van der Waals surface area contributed by atoms with Crippen molar-refractivity contribution < 1.29 is 0 Å². The van der Waals surface area contributed by atoms with E-state index in [4.69, 9.17) is 12.2 Å². The van der Waals surface area contributed by atoms with Gasteiger partial charge in [-0.1, -0.05) is 18.2 Å². The van der Waals surface area contributed by atoms with Gasteiger partial charge in [0.1, 0.15) is 0 Å². The molecule has 0 aliphatic carbocycles. The highest BCUT2D eigenvalue weighted by molar-refractivity contribution is 7.99. The second-order valence-electron chi connectivity index (χ2n) is 3.93. The lowest BCUT2D eigenvalue weighted by Gasteiger charge is -2.13. The van der Waals surface area contributed by atoms with E-state index in [0.717, 1.165) is 23.3 Å². The summed E-state index contributed by atoms with van der Waals surface area (Å²) in [5.74, 6) is 3.34. The first kappa shape index (κ1) is 11.7. The Morgan fingerprint density at radius 3 is 2.88 bits per heavy atom. The maximum absolute atomic E-state index is 5.24. The summed E-state index contributed by atoms with van der Waals surface area (Å²) in [6.07, 6.45) is 1.31. The van der Waals surface area contributed by atoms with E-state index in [1.165, 1.54) is 17.9 Å². The molecule has 1 saturated heterocycles. The van der Waals surface area contributed by atoms with Gasteiger partial charge in [-0.2, -0.15) is 11.8 Å². The molecule has 1 aliphatic rings. The first-order chi connectivity index (χ1) is 7.84. The summed E-state index contributed by atoms with van der Waals surface area (Å²) in [7, 11) is 0. The number of benzene rings is 1. The van der Waals surface area contributed by atoms with Crippen LogP contribution in [0, 0.1) is 5.92 Å². The molecule has 0 saturated carbocycles. The van der Waals surface area contributed by atoms with Crippen LogP contribution in [0.3, 0.4) is 0 Å². The Morgan fingerprint density at radius 2 is 2.19 bits per heavy atom. The maximum atomic E-state index is 5.24. The van der Waals surface area contributed by atoms with E-state index in [0.29, 0.717) is 0 Å². The van der Waals surface area contributed by atoms with Crippen LogP contribution in [0.25, 0.3) is 0 Å². The van der Waals surface area contributed by atoms with Gasteiger partial charge in [0.05, 0.1) is 0 Å². The molecule has 2 nitrogen and oxygen atoms in total. The first-order valence-corrected chi connectivity index (χ1v) is 7.08. The summed E-state index contributed by atoms with van der Waals surface area (Å²) in [6.45, 7) is 0.992. The highest BCUT2D eigenvalue weighted by atomic mass is 32.2. The third-order valence-electron chi connectivity index (χ3n) is 2.61. The molecule has 16 heavy (non-hydrogen) atoms. The summed E-state index contributed by atoms with van der Waals surface area (Å²) in [4.78, 5) is 0. The highest BCUT2D eigenvalue weighted by Gasteiger charge is 2.15. The lowest BCUT2D eigenvalue weighted by Crippen LogP contribution is -2.32. The van der Waals surface area contributed by atoms with E-state index in [1.54, 1.807) is 0 Å². The molecule has 86 valence electrons. The van der Waals surface area contributed by atoms with Gasteiger partial charge in [0.15, 0.2) is 5.11 Å². The normalized spacial score (nSPS) is 19.4. The van der Waals surface area contributed by atoms with Gasteiger partial charge >= 0.3 is 0 Å². The van der Waals surface area contributed by atoms with Gasteiger partial charge in [0, 0.05) is 12.2 Å². The number of hydrogen-bond donors (Lipinski definition) is 2. The van der Waals surface area contributed by atoms with Crippen molar-refractivity contribution in [3.63, 3.8) is 0 Å². The fourth-order valence-electron chi connectivity index (χ4n) is 1.68. The lowest BCUT2D eigenvalue weighted by atomic mass is 10.1. The molecule has 0 aromatic heterocycles. The third kappa shape index (κ3) is 3.68. The number of anilines is 1. The van der Waals surface area contributed by atoms with Crippen LogP contribution in [0.1, 0.15) is 6.42 Å². The Labute approximate surface area is 106 Å². The monoisotopic (exact) mass is 252 g/mol. The molecule has 0 amide bonds. The smallest absolute Gasteiger partial charge is 0.170 e. The lowest BCUT2D eigenvalue weighted by molar-refractivity contribution is 0.582. The Balaban J connectivity index is 1.72. The van der Waals surface area contributed by atoms with Crippen molar-refractivity contribution in [2.75, 3.05) is 23.4 Å². The van der Waals surface area contributed by atoms with Crippen molar-refractivity contribution in [2.24, 2.45) is 5.92 Å². The zero-order chi connectivity index (χ0) is 11.2. The fourth-order valence-corrected chi connectivity index (χ4v) is 3.16. The minimum absolute atomic E-state index is 0.725. The Morgan fingerprint density at radius 1 is 1.38 bits per heavy atom. The Kier molecular flexibility index (Phi) is 4.48. The average molecular weight is 252 g/mol. The van der Waals surface area contributed by atoms with Crippen LogP contribution in [0.5, 0.6) is 0 Å². The van der Waals surface area contributed by atoms with Crippen LogP contribution < -0.4 is 10.6 Å². The van der Waals surface area contributed by atoms with Crippen molar-refractivity contribution in [1.29, 1.82) is 0 Å². The second-order valence-corrected chi connectivity index (χ2v) is 5.49. The SMILES string of the molecule is S=C(NCC1CCSC1)Nc1ccccc1. The summed E-state index contributed by atoms with van der Waals surface area (Å²) >= 11 is 7.28. The molecule has 1 unspecified atom stereocenters. The molecule has 2 N–H and O–H groups in total. The van der Waals surface area contributed by atoms with E-state index in [9.17, 15) is 0 Å². The number of rotatable bonds is 3. The number of hydrogen-bond acceptors (Lipinski definition) is 2. The van der Waals surface area contributed by atoms with Crippen LogP contribution in [0.4, 0.5) is 5.69 Å². The van der Waals surface area contributed by atoms with Gasteiger partial charge in [0.2, 0.25) is 0 Å². The van der Waals surface area contributed by atoms with E-state index >= 15 is 0 Å². The van der Waals surface area contributed by atoms with Crippen LogP contribution >= 0.6 is 24.0 Å². The molecule has 0 radical (unpaired) electrons. The molecular weight excluding hydrogens is 236 g/mol. The third-order valence-corrected chi connectivity index (χ3v) is 4.08.